The summed E-state index contributed by atoms with van der Waals surface area (Å²) in [5.74, 6) is -2.23. The van der Waals surface area contributed by atoms with Gasteiger partial charge >= 0.3 is 0 Å². The summed E-state index contributed by atoms with van der Waals surface area (Å²) in [6.07, 6.45) is 1.55. The summed E-state index contributed by atoms with van der Waals surface area (Å²) in [5, 5.41) is 2.52. The summed E-state index contributed by atoms with van der Waals surface area (Å²) in [7, 11) is 0. The Labute approximate surface area is 81.8 Å². The van der Waals surface area contributed by atoms with Gasteiger partial charge in [0.1, 0.15) is 5.82 Å². The van der Waals surface area contributed by atoms with Crippen molar-refractivity contribution in [1.82, 2.24) is 4.98 Å². The maximum absolute atomic E-state index is 12.3. The lowest BCUT2D eigenvalue weighted by molar-refractivity contribution is 0.0367. The second kappa shape index (κ2) is 4.97. The van der Waals surface area contributed by atoms with Crippen molar-refractivity contribution in [3.63, 3.8) is 0 Å². The molecule has 0 aliphatic carbocycles. The largest absolute Gasteiger partial charge is 0.364 e. The van der Waals surface area contributed by atoms with E-state index in [2.05, 4.69) is 10.3 Å². The van der Waals surface area contributed by atoms with Crippen LogP contribution < -0.4 is 5.32 Å². The Kier molecular flexibility index (Phi) is 4.62. The van der Waals surface area contributed by atoms with Crippen LogP contribution in [0.4, 0.5) is 14.6 Å². The van der Waals surface area contributed by atoms with E-state index >= 15 is 0 Å². The van der Waals surface area contributed by atoms with Gasteiger partial charge in [0.15, 0.2) is 0 Å². The second-order valence-corrected chi connectivity index (χ2v) is 2.64. The molecule has 0 unspecified atom stereocenters. The van der Waals surface area contributed by atoms with Gasteiger partial charge in [-0.15, -0.1) is 12.4 Å². The third-order valence-corrected chi connectivity index (χ3v) is 1.24. The van der Waals surface area contributed by atoms with Crippen LogP contribution >= 0.6 is 12.4 Å². The molecule has 0 aliphatic heterocycles. The van der Waals surface area contributed by atoms with Crippen LogP contribution in [0.3, 0.4) is 0 Å². The lowest BCUT2D eigenvalue weighted by atomic mass is 10.4. The molecule has 1 aromatic rings. The Morgan fingerprint density at radius 3 is 2.62 bits per heavy atom. The number of aromatic nitrogens is 1. The molecule has 1 N–H and O–H groups in total. The Balaban J connectivity index is 0.00000144. The zero-order chi connectivity index (χ0) is 9.03. The second-order valence-electron chi connectivity index (χ2n) is 2.64. The normalized spacial score (nSPS) is 10.4. The number of alkyl halides is 2. The van der Waals surface area contributed by atoms with Crippen LogP contribution in [-0.2, 0) is 0 Å². The van der Waals surface area contributed by atoms with Crippen LogP contribution in [0.2, 0.25) is 0 Å². The van der Waals surface area contributed by atoms with E-state index in [0.717, 1.165) is 6.92 Å². The van der Waals surface area contributed by atoms with Crippen LogP contribution in [-0.4, -0.2) is 17.5 Å². The summed E-state index contributed by atoms with van der Waals surface area (Å²) in [6, 6.07) is 5.12. The smallest absolute Gasteiger partial charge is 0.262 e. The van der Waals surface area contributed by atoms with Crippen molar-refractivity contribution in [2.75, 3.05) is 11.9 Å². The van der Waals surface area contributed by atoms with E-state index < -0.39 is 5.92 Å². The van der Waals surface area contributed by atoms with E-state index in [1.54, 1.807) is 24.4 Å². The maximum atomic E-state index is 12.3. The lowest BCUT2D eigenvalue weighted by Gasteiger charge is -2.11. The first kappa shape index (κ1) is 12.1. The fourth-order valence-electron chi connectivity index (χ4n) is 0.713. The molecule has 0 saturated carbocycles. The zero-order valence-corrected chi connectivity index (χ0v) is 7.94. The maximum Gasteiger partial charge on any atom is 0.262 e. The molecule has 0 aromatic carbocycles. The molecule has 2 nitrogen and oxygen atoms in total. The van der Waals surface area contributed by atoms with Crippen molar-refractivity contribution in [2.45, 2.75) is 12.8 Å². The van der Waals surface area contributed by atoms with Gasteiger partial charge in [-0.3, -0.25) is 0 Å². The highest BCUT2D eigenvalue weighted by molar-refractivity contribution is 5.85. The van der Waals surface area contributed by atoms with E-state index in [1.807, 2.05) is 0 Å². The summed E-state index contributed by atoms with van der Waals surface area (Å²) >= 11 is 0. The average molecular weight is 209 g/mol. The monoisotopic (exact) mass is 208 g/mol. The van der Waals surface area contributed by atoms with Gasteiger partial charge in [-0.1, -0.05) is 6.07 Å². The van der Waals surface area contributed by atoms with Crippen molar-refractivity contribution in [3.05, 3.63) is 24.4 Å². The third-order valence-electron chi connectivity index (χ3n) is 1.24. The fourth-order valence-corrected chi connectivity index (χ4v) is 0.713. The van der Waals surface area contributed by atoms with Gasteiger partial charge in [0.2, 0.25) is 0 Å². The minimum atomic E-state index is -2.70. The predicted molar refractivity (Wildman–Crippen MR) is 50.6 cm³/mol. The molecule has 1 aromatic heterocycles. The number of hydrogen-bond donors (Lipinski definition) is 1. The first-order valence-electron chi connectivity index (χ1n) is 3.61. The summed E-state index contributed by atoms with van der Waals surface area (Å²) in [5.41, 5.74) is 0. The number of halogens is 3. The average Bonchev–Trinajstić information content (AvgIpc) is 2.02. The van der Waals surface area contributed by atoms with Crippen molar-refractivity contribution in [3.8, 4) is 0 Å². The molecule has 1 heterocycles. The summed E-state index contributed by atoms with van der Waals surface area (Å²) in [4.78, 5) is 3.84. The van der Waals surface area contributed by atoms with Crippen LogP contribution in [0.1, 0.15) is 6.92 Å². The van der Waals surface area contributed by atoms with E-state index in [0.29, 0.717) is 5.82 Å². The Bertz CT molecular complexity index is 236. The third kappa shape index (κ3) is 5.36. The molecular formula is C8H11ClF2N2. The van der Waals surface area contributed by atoms with Crippen molar-refractivity contribution in [2.24, 2.45) is 0 Å². The summed E-state index contributed by atoms with van der Waals surface area (Å²) < 4.78 is 24.6. The molecule has 74 valence electrons. The van der Waals surface area contributed by atoms with E-state index in [-0.39, 0.29) is 19.0 Å². The van der Waals surface area contributed by atoms with Gasteiger partial charge in [0, 0.05) is 13.1 Å². The topological polar surface area (TPSA) is 24.9 Å². The Hall–Kier alpha value is -0.900. The van der Waals surface area contributed by atoms with Gasteiger partial charge in [-0.25, -0.2) is 13.8 Å². The minimum Gasteiger partial charge on any atom is -0.364 e. The van der Waals surface area contributed by atoms with Gasteiger partial charge in [-0.05, 0) is 12.1 Å². The first-order chi connectivity index (χ1) is 5.58. The number of anilines is 1. The summed E-state index contributed by atoms with van der Waals surface area (Å²) in [6.45, 7) is 0.479. The standard InChI is InChI=1S/C8H10F2N2.ClH/c1-8(9,10)6-12-7-4-2-3-5-11-7;/h2-5H,6H2,1H3,(H,11,12);1H. The quantitative estimate of drug-likeness (QED) is 0.826. The molecule has 0 fully saturated rings. The predicted octanol–water partition coefficient (Wildman–Crippen LogP) is 2.57. The molecule has 0 bridgehead atoms. The number of nitrogens with zero attached hydrogens (tertiary/aromatic N) is 1. The van der Waals surface area contributed by atoms with Gasteiger partial charge < -0.3 is 5.32 Å². The van der Waals surface area contributed by atoms with Crippen molar-refractivity contribution < 1.29 is 8.78 Å². The molecule has 0 radical (unpaired) electrons. The van der Waals surface area contributed by atoms with E-state index in [4.69, 9.17) is 0 Å². The Morgan fingerprint density at radius 2 is 2.15 bits per heavy atom. The highest BCUT2D eigenvalue weighted by Gasteiger charge is 2.20. The molecule has 0 spiro atoms. The van der Waals surface area contributed by atoms with Crippen LogP contribution in [0.15, 0.2) is 24.4 Å². The molecule has 0 aliphatic rings. The molecule has 0 saturated heterocycles. The molecule has 13 heavy (non-hydrogen) atoms. The van der Waals surface area contributed by atoms with Gasteiger partial charge in [0.05, 0.1) is 6.54 Å². The molecular weight excluding hydrogens is 198 g/mol. The number of nitrogens with one attached hydrogen (secondary N) is 1. The van der Waals surface area contributed by atoms with Gasteiger partial charge in [-0.2, -0.15) is 0 Å². The van der Waals surface area contributed by atoms with Crippen LogP contribution in [0.5, 0.6) is 0 Å². The zero-order valence-electron chi connectivity index (χ0n) is 7.13. The Morgan fingerprint density at radius 1 is 1.46 bits per heavy atom. The minimum absolute atomic E-state index is 0. The first-order valence-corrected chi connectivity index (χ1v) is 3.61. The van der Waals surface area contributed by atoms with Crippen molar-refractivity contribution >= 4 is 18.2 Å². The molecule has 0 atom stereocenters. The molecule has 5 heteroatoms. The molecule has 0 amide bonds. The fraction of sp³-hybridized carbons (Fsp3) is 0.375. The van der Waals surface area contributed by atoms with Crippen LogP contribution in [0.25, 0.3) is 0 Å². The van der Waals surface area contributed by atoms with Crippen LogP contribution in [0, 0.1) is 0 Å². The highest BCUT2D eigenvalue weighted by Crippen LogP contribution is 2.12. The SMILES string of the molecule is CC(F)(F)CNc1ccccn1.Cl. The lowest BCUT2D eigenvalue weighted by Crippen LogP contribution is -2.23. The van der Waals surface area contributed by atoms with Crippen molar-refractivity contribution in [1.29, 1.82) is 0 Å². The van der Waals surface area contributed by atoms with E-state index in [1.165, 1.54) is 0 Å². The van der Waals surface area contributed by atoms with Gasteiger partial charge in [0.25, 0.3) is 5.92 Å². The number of pyridine rings is 1. The van der Waals surface area contributed by atoms with E-state index in [9.17, 15) is 8.78 Å². The number of rotatable bonds is 3. The highest BCUT2D eigenvalue weighted by atomic mass is 35.5. The number of hydrogen-bond acceptors (Lipinski definition) is 2. The molecule has 1 rings (SSSR count).